The van der Waals surface area contributed by atoms with Crippen LogP contribution in [0.2, 0.25) is 0 Å². The molecule has 0 aliphatic rings. The summed E-state index contributed by atoms with van der Waals surface area (Å²) in [6.07, 6.45) is 2.63. The number of nitrogens with two attached hydrogens (primary N) is 4. The van der Waals surface area contributed by atoms with Crippen LogP contribution in [-0.4, -0.2) is 24.9 Å². The molecular weight excluding hydrogens is 380 g/mol. The summed E-state index contributed by atoms with van der Waals surface area (Å²) in [5, 5.41) is 5.80. The summed E-state index contributed by atoms with van der Waals surface area (Å²) in [6, 6.07) is 13.9. The van der Waals surface area contributed by atoms with Crippen molar-refractivity contribution in [3.05, 3.63) is 70.8 Å². The van der Waals surface area contributed by atoms with Crippen molar-refractivity contribution < 1.29 is 9.59 Å². The van der Waals surface area contributed by atoms with Crippen LogP contribution in [0, 0.1) is 0 Å². The number of unbranched alkanes of at least 4 members (excludes halogenated alkanes) is 3. The first-order valence-electron chi connectivity index (χ1n) is 10.2. The minimum atomic E-state index is -0.539. The summed E-state index contributed by atoms with van der Waals surface area (Å²) >= 11 is 0. The van der Waals surface area contributed by atoms with Gasteiger partial charge in [0, 0.05) is 24.2 Å². The van der Waals surface area contributed by atoms with Crippen molar-refractivity contribution in [1.82, 2.24) is 10.6 Å². The molecule has 0 saturated carbocycles. The molecule has 10 N–H and O–H groups in total. The van der Waals surface area contributed by atoms with Gasteiger partial charge in [0.2, 0.25) is 0 Å². The van der Waals surface area contributed by atoms with Crippen LogP contribution in [0.25, 0.3) is 0 Å². The summed E-state index contributed by atoms with van der Waals surface area (Å²) < 4.78 is 0. The molecule has 8 heteroatoms. The number of benzene rings is 2. The molecule has 0 aliphatic heterocycles. The maximum absolute atomic E-state index is 12.1. The summed E-state index contributed by atoms with van der Waals surface area (Å²) in [7, 11) is 0. The van der Waals surface area contributed by atoms with Crippen molar-refractivity contribution in [1.29, 1.82) is 0 Å². The SMILES string of the molecule is NC(N)c1ccc(C(=O)NCCCCCCNC(=O)c2ccc(C(N)N)cc2)cc1. The summed E-state index contributed by atoms with van der Waals surface area (Å²) in [5.74, 6) is -0.220. The largest absolute Gasteiger partial charge is 0.352 e. The number of hydrogen-bond acceptors (Lipinski definition) is 6. The fraction of sp³-hybridized carbons (Fsp3) is 0.364. The monoisotopic (exact) mass is 412 g/mol. The maximum atomic E-state index is 12.1. The number of hydrogen-bond donors (Lipinski definition) is 6. The lowest BCUT2D eigenvalue weighted by Crippen LogP contribution is -2.25. The van der Waals surface area contributed by atoms with Gasteiger partial charge in [-0.25, -0.2) is 0 Å². The van der Waals surface area contributed by atoms with Gasteiger partial charge in [0.15, 0.2) is 0 Å². The summed E-state index contributed by atoms with van der Waals surface area (Å²) in [5.41, 5.74) is 25.1. The third kappa shape index (κ3) is 7.57. The van der Waals surface area contributed by atoms with Crippen molar-refractivity contribution in [3.63, 3.8) is 0 Å². The van der Waals surface area contributed by atoms with Crippen molar-refractivity contribution in [2.45, 2.75) is 38.0 Å². The Morgan fingerprint density at radius 2 is 0.933 bits per heavy atom. The van der Waals surface area contributed by atoms with Crippen LogP contribution in [0.4, 0.5) is 0 Å². The Balaban J connectivity index is 1.55. The van der Waals surface area contributed by atoms with Gasteiger partial charge >= 0.3 is 0 Å². The zero-order valence-electron chi connectivity index (χ0n) is 17.1. The van der Waals surface area contributed by atoms with Gasteiger partial charge in [-0.15, -0.1) is 0 Å². The number of rotatable bonds is 11. The smallest absolute Gasteiger partial charge is 0.251 e. The molecule has 30 heavy (non-hydrogen) atoms. The van der Waals surface area contributed by atoms with E-state index in [-0.39, 0.29) is 11.8 Å². The van der Waals surface area contributed by atoms with E-state index in [9.17, 15) is 9.59 Å². The highest BCUT2D eigenvalue weighted by atomic mass is 16.2. The predicted octanol–water partition coefficient (Wildman–Crippen LogP) is 1.24. The van der Waals surface area contributed by atoms with E-state index in [0.29, 0.717) is 24.2 Å². The van der Waals surface area contributed by atoms with E-state index >= 15 is 0 Å². The highest BCUT2D eigenvalue weighted by Crippen LogP contribution is 2.09. The van der Waals surface area contributed by atoms with Crippen LogP contribution in [0.15, 0.2) is 48.5 Å². The van der Waals surface area contributed by atoms with Crippen LogP contribution in [0.5, 0.6) is 0 Å². The van der Waals surface area contributed by atoms with Gasteiger partial charge < -0.3 is 33.6 Å². The molecule has 0 fully saturated rings. The van der Waals surface area contributed by atoms with Crippen molar-refractivity contribution in [3.8, 4) is 0 Å². The second kappa shape index (κ2) is 12.0. The lowest BCUT2D eigenvalue weighted by Gasteiger charge is -2.09. The van der Waals surface area contributed by atoms with Crippen molar-refractivity contribution in [2.24, 2.45) is 22.9 Å². The molecular formula is C22H32N6O2. The second-order valence-electron chi connectivity index (χ2n) is 7.22. The Labute approximate surface area is 177 Å². The van der Waals surface area contributed by atoms with E-state index in [2.05, 4.69) is 10.6 Å². The fourth-order valence-corrected chi connectivity index (χ4v) is 2.92. The molecule has 0 radical (unpaired) electrons. The van der Waals surface area contributed by atoms with Crippen LogP contribution >= 0.6 is 0 Å². The number of carbonyl (C=O) groups is 2. The lowest BCUT2D eigenvalue weighted by molar-refractivity contribution is 0.0943. The predicted molar refractivity (Wildman–Crippen MR) is 118 cm³/mol. The van der Waals surface area contributed by atoms with Gasteiger partial charge in [-0.2, -0.15) is 0 Å². The normalized spacial score (nSPS) is 11.0. The van der Waals surface area contributed by atoms with Crippen LogP contribution in [0.3, 0.4) is 0 Å². The van der Waals surface area contributed by atoms with Gasteiger partial charge in [-0.3, -0.25) is 9.59 Å². The molecule has 0 spiro atoms. The van der Waals surface area contributed by atoms with Crippen LogP contribution in [-0.2, 0) is 0 Å². The first kappa shape index (κ1) is 23.5. The van der Waals surface area contributed by atoms with E-state index in [1.54, 1.807) is 48.5 Å². The Morgan fingerprint density at radius 1 is 0.600 bits per heavy atom. The van der Waals surface area contributed by atoms with Crippen molar-refractivity contribution in [2.75, 3.05) is 13.1 Å². The van der Waals surface area contributed by atoms with Gasteiger partial charge in [-0.1, -0.05) is 37.1 Å². The Kier molecular flexibility index (Phi) is 9.43. The molecule has 162 valence electrons. The Bertz CT molecular complexity index is 734. The Hall–Kier alpha value is -2.78. The van der Waals surface area contributed by atoms with Gasteiger partial charge in [0.05, 0.1) is 12.3 Å². The molecule has 2 aromatic rings. The molecule has 2 aromatic carbocycles. The van der Waals surface area contributed by atoms with E-state index in [1.807, 2.05) is 0 Å². The number of amides is 2. The number of nitrogens with one attached hydrogen (secondary N) is 2. The molecule has 0 saturated heterocycles. The van der Waals surface area contributed by atoms with Gasteiger partial charge in [0.25, 0.3) is 11.8 Å². The molecule has 2 amide bonds. The molecule has 2 rings (SSSR count). The summed E-state index contributed by atoms with van der Waals surface area (Å²) in [4.78, 5) is 24.2. The highest BCUT2D eigenvalue weighted by Gasteiger charge is 2.07. The first-order valence-corrected chi connectivity index (χ1v) is 10.2. The quantitative estimate of drug-likeness (QED) is 0.240. The zero-order valence-corrected chi connectivity index (χ0v) is 17.1. The second-order valence-corrected chi connectivity index (χ2v) is 7.22. The highest BCUT2D eigenvalue weighted by molar-refractivity contribution is 5.94. The standard InChI is InChI=1S/C22H32N6O2/c23-19(24)15-5-9-17(10-6-15)21(29)27-13-3-1-2-4-14-28-22(30)18-11-7-16(8-12-18)20(25)26/h5-12,19-20H,1-4,13-14,23-26H2,(H,27,29)(H,28,30). The maximum Gasteiger partial charge on any atom is 0.251 e. The Morgan fingerprint density at radius 3 is 1.23 bits per heavy atom. The molecule has 0 atom stereocenters. The lowest BCUT2D eigenvalue weighted by atomic mass is 10.1. The molecule has 0 unspecified atom stereocenters. The molecule has 0 aromatic heterocycles. The van der Waals surface area contributed by atoms with Gasteiger partial charge in [-0.05, 0) is 48.2 Å². The number of carbonyl (C=O) groups excluding carboxylic acids is 2. The third-order valence-corrected chi connectivity index (χ3v) is 4.79. The van der Waals surface area contributed by atoms with Crippen LogP contribution < -0.4 is 33.6 Å². The molecule has 0 heterocycles. The molecule has 8 nitrogen and oxygen atoms in total. The zero-order chi connectivity index (χ0) is 21.9. The minimum absolute atomic E-state index is 0.110. The molecule has 0 bridgehead atoms. The fourth-order valence-electron chi connectivity index (χ4n) is 2.92. The van der Waals surface area contributed by atoms with Crippen molar-refractivity contribution >= 4 is 11.8 Å². The van der Waals surface area contributed by atoms with E-state index in [1.165, 1.54) is 0 Å². The average molecular weight is 413 g/mol. The third-order valence-electron chi connectivity index (χ3n) is 4.79. The van der Waals surface area contributed by atoms with E-state index in [4.69, 9.17) is 22.9 Å². The summed E-state index contributed by atoms with van der Waals surface area (Å²) in [6.45, 7) is 1.22. The molecule has 0 aliphatic carbocycles. The first-order chi connectivity index (χ1) is 14.4. The van der Waals surface area contributed by atoms with Gasteiger partial charge in [0.1, 0.15) is 0 Å². The van der Waals surface area contributed by atoms with Crippen LogP contribution in [0.1, 0.15) is 69.9 Å². The minimum Gasteiger partial charge on any atom is -0.352 e. The van der Waals surface area contributed by atoms with E-state index < -0.39 is 12.3 Å². The topological polar surface area (TPSA) is 162 Å². The average Bonchev–Trinajstić information content (AvgIpc) is 2.75. The van der Waals surface area contributed by atoms with E-state index in [0.717, 1.165) is 36.8 Å².